The van der Waals surface area contributed by atoms with Gasteiger partial charge >= 0.3 is 0 Å². The van der Waals surface area contributed by atoms with Crippen LogP contribution in [0.3, 0.4) is 0 Å². The smallest absolute Gasteiger partial charge is 0.241 e. The molecular formula is C16H23FN4O. The van der Waals surface area contributed by atoms with E-state index in [9.17, 15) is 9.18 Å². The highest BCUT2D eigenvalue weighted by atomic mass is 19.1. The monoisotopic (exact) mass is 306 g/mol. The molecule has 0 saturated carbocycles. The number of hydrogen-bond donors (Lipinski definition) is 3. The average molecular weight is 306 g/mol. The van der Waals surface area contributed by atoms with Crippen LogP contribution in [0.1, 0.15) is 30.9 Å². The van der Waals surface area contributed by atoms with Gasteiger partial charge < -0.3 is 10.2 Å². The Bertz CT molecular complexity index is 515. The number of hydrogen-bond acceptors (Lipinski definition) is 4. The maximum absolute atomic E-state index is 13.0. The number of halogens is 1. The normalized spacial score (nSPS) is 26.1. The van der Waals surface area contributed by atoms with Gasteiger partial charge in [-0.2, -0.15) is 0 Å². The van der Waals surface area contributed by atoms with Gasteiger partial charge in [0.2, 0.25) is 5.91 Å². The minimum atomic E-state index is -0.243. The van der Waals surface area contributed by atoms with Gasteiger partial charge in [0.15, 0.2) is 0 Å². The molecule has 3 N–H and O–H groups in total. The summed E-state index contributed by atoms with van der Waals surface area (Å²) in [5, 5.41) is 3.31. The molecule has 6 heteroatoms. The zero-order chi connectivity index (χ0) is 15.5. The van der Waals surface area contributed by atoms with Crippen molar-refractivity contribution >= 4 is 5.91 Å². The molecule has 0 aliphatic carbocycles. The molecule has 5 nitrogen and oxygen atoms in total. The Balaban J connectivity index is 1.59. The van der Waals surface area contributed by atoms with E-state index in [1.54, 1.807) is 12.1 Å². The highest BCUT2D eigenvalue weighted by Gasteiger charge is 2.34. The second-order valence-corrected chi connectivity index (χ2v) is 6.11. The third-order valence-corrected chi connectivity index (χ3v) is 4.68. The molecule has 3 rings (SSSR count). The van der Waals surface area contributed by atoms with Crippen LogP contribution in [0, 0.1) is 5.82 Å². The van der Waals surface area contributed by atoms with Crippen LogP contribution in [0.25, 0.3) is 0 Å². The van der Waals surface area contributed by atoms with E-state index in [2.05, 4.69) is 16.2 Å². The van der Waals surface area contributed by atoms with E-state index in [0.717, 1.165) is 31.5 Å². The van der Waals surface area contributed by atoms with Crippen LogP contribution in [0.5, 0.6) is 0 Å². The van der Waals surface area contributed by atoms with E-state index in [-0.39, 0.29) is 23.8 Å². The summed E-state index contributed by atoms with van der Waals surface area (Å²) in [6, 6.07) is 6.56. The number of likely N-dealkylation sites (N-methyl/N-ethyl adjacent to an activating group) is 1. The molecule has 2 aliphatic heterocycles. The van der Waals surface area contributed by atoms with Crippen molar-refractivity contribution in [2.45, 2.75) is 37.4 Å². The van der Waals surface area contributed by atoms with Crippen molar-refractivity contribution in [1.82, 2.24) is 21.1 Å². The molecule has 22 heavy (non-hydrogen) atoms. The Kier molecular flexibility index (Phi) is 4.71. The van der Waals surface area contributed by atoms with Gasteiger partial charge in [0, 0.05) is 19.1 Å². The summed E-state index contributed by atoms with van der Waals surface area (Å²) in [5.74, 6) is -0.114. The molecule has 1 aromatic rings. The van der Waals surface area contributed by atoms with Gasteiger partial charge in [0.1, 0.15) is 11.9 Å². The summed E-state index contributed by atoms with van der Waals surface area (Å²) >= 11 is 0. The van der Waals surface area contributed by atoms with E-state index < -0.39 is 0 Å². The zero-order valence-corrected chi connectivity index (χ0v) is 12.8. The number of rotatable bonds is 3. The van der Waals surface area contributed by atoms with Crippen molar-refractivity contribution in [3.63, 3.8) is 0 Å². The van der Waals surface area contributed by atoms with Crippen molar-refractivity contribution in [1.29, 1.82) is 0 Å². The lowest BCUT2D eigenvalue weighted by Crippen LogP contribution is -2.50. The van der Waals surface area contributed by atoms with E-state index in [4.69, 9.17) is 0 Å². The van der Waals surface area contributed by atoms with Crippen molar-refractivity contribution in [2.24, 2.45) is 0 Å². The van der Waals surface area contributed by atoms with Gasteiger partial charge in [-0.1, -0.05) is 12.1 Å². The molecule has 1 amide bonds. The van der Waals surface area contributed by atoms with Crippen LogP contribution < -0.4 is 16.2 Å². The minimum Gasteiger partial charge on any atom is -0.341 e. The third-order valence-electron chi connectivity index (χ3n) is 4.68. The number of nitrogens with zero attached hydrogens (tertiary/aromatic N) is 1. The predicted octanol–water partition coefficient (Wildman–Crippen LogP) is 0.944. The summed E-state index contributed by atoms with van der Waals surface area (Å²) in [7, 11) is 1.89. The molecule has 2 aliphatic rings. The lowest BCUT2D eigenvalue weighted by Gasteiger charge is -2.33. The third kappa shape index (κ3) is 3.29. The van der Waals surface area contributed by atoms with Crippen LogP contribution in [-0.2, 0) is 4.79 Å². The summed E-state index contributed by atoms with van der Waals surface area (Å²) in [6.45, 7) is 1.94. The Labute approximate surface area is 130 Å². The highest BCUT2D eigenvalue weighted by molar-refractivity contribution is 5.82. The summed E-state index contributed by atoms with van der Waals surface area (Å²) < 4.78 is 13.0. The molecule has 2 atom stereocenters. The first-order valence-electron chi connectivity index (χ1n) is 7.89. The van der Waals surface area contributed by atoms with E-state index in [1.807, 2.05) is 11.9 Å². The number of hydrazine groups is 1. The quantitative estimate of drug-likeness (QED) is 0.778. The molecule has 2 unspecified atom stereocenters. The second-order valence-electron chi connectivity index (χ2n) is 6.11. The Morgan fingerprint density at radius 3 is 2.55 bits per heavy atom. The van der Waals surface area contributed by atoms with Gasteiger partial charge in [-0.25, -0.2) is 15.2 Å². The number of carbonyl (C=O) groups excluding carboxylic acids is 1. The van der Waals surface area contributed by atoms with Gasteiger partial charge in [0.25, 0.3) is 0 Å². The molecule has 120 valence electrons. The van der Waals surface area contributed by atoms with Gasteiger partial charge in [0.05, 0.1) is 0 Å². The standard InChI is InChI=1S/C16H23FN4O/c1-21(13-6-8-18-9-7-13)16(22)15-10-14(19-20-15)11-2-4-12(17)5-3-11/h2-5,13-15,18-20H,6-10H2,1H3. The first-order chi connectivity index (χ1) is 10.6. The number of carbonyl (C=O) groups is 1. The molecule has 2 fully saturated rings. The summed E-state index contributed by atoms with van der Waals surface area (Å²) in [5.41, 5.74) is 7.23. The molecular weight excluding hydrogens is 283 g/mol. The number of amides is 1. The van der Waals surface area contributed by atoms with E-state index in [0.29, 0.717) is 12.5 Å². The van der Waals surface area contributed by atoms with Crippen LogP contribution >= 0.6 is 0 Å². The van der Waals surface area contributed by atoms with Crippen LogP contribution in [-0.4, -0.2) is 43.0 Å². The summed E-state index contributed by atoms with van der Waals surface area (Å²) in [4.78, 5) is 14.5. The lowest BCUT2D eigenvalue weighted by atomic mass is 10.00. The fourth-order valence-electron chi connectivity index (χ4n) is 3.25. The summed E-state index contributed by atoms with van der Waals surface area (Å²) in [6.07, 6.45) is 2.69. The van der Waals surface area contributed by atoms with Crippen LogP contribution in [0.15, 0.2) is 24.3 Å². The average Bonchev–Trinajstić information content (AvgIpc) is 3.05. The van der Waals surface area contributed by atoms with Crippen LogP contribution in [0.4, 0.5) is 4.39 Å². The molecule has 0 aromatic heterocycles. The van der Waals surface area contributed by atoms with Gasteiger partial charge in [-0.15, -0.1) is 0 Å². The van der Waals surface area contributed by atoms with Crippen molar-refractivity contribution in [2.75, 3.05) is 20.1 Å². The highest BCUT2D eigenvalue weighted by Crippen LogP contribution is 2.24. The number of nitrogens with one attached hydrogen (secondary N) is 3. The fourth-order valence-corrected chi connectivity index (χ4v) is 3.25. The van der Waals surface area contributed by atoms with Gasteiger partial charge in [-0.3, -0.25) is 4.79 Å². The molecule has 2 saturated heterocycles. The molecule has 1 aromatic carbocycles. The molecule has 0 spiro atoms. The van der Waals surface area contributed by atoms with Crippen molar-refractivity contribution < 1.29 is 9.18 Å². The molecule has 0 radical (unpaired) electrons. The largest absolute Gasteiger partial charge is 0.341 e. The SMILES string of the molecule is CN(C(=O)C1CC(c2ccc(F)cc2)NN1)C1CCNCC1. The second kappa shape index (κ2) is 6.73. The zero-order valence-electron chi connectivity index (χ0n) is 12.8. The van der Waals surface area contributed by atoms with E-state index in [1.165, 1.54) is 12.1 Å². The maximum Gasteiger partial charge on any atom is 0.241 e. The minimum absolute atomic E-state index is 0.0379. The lowest BCUT2D eigenvalue weighted by molar-refractivity contribution is -0.134. The molecule has 0 bridgehead atoms. The fraction of sp³-hybridized carbons (Fsp3) is 0.562. The first kappa shape index (κ1) is 15.4. The number of piperidine rings is 1. The van der Waals surface area contributed by atoms with Crippen LogP contribution in [0.2, 0.25) is 0 Å². The first-order valence-corrected chi connectivity index (χ1v) is 7.89. The topological polar surface area (TPSA) is 56.4 Å². The van der Waals surface area contributed by atoms with E-state index >= 15 is 0 Å². The van der Waals surface area contributed by atoms with Crippen molar-refractivity contribution in [3.05, 3.63) is 35.6 Å². The Morgan fingerprint density at radius 1 is 1.18 bits per heavy atom. The Morgan fingerprint density at radius 2 is 1.86 bits per heavy atom. The Hall–Kier alpha value is -1.50. The maximum atomic E-state index is 13.0. The van der Waals surface area contributed by atoms with Crippen molar-refractivity contribution in [3.8, 4) is 0 Å². The predicted molar refractivity (Wildman–Crippen MR) is 82.5 cm³/mol. The molecule has 2 heterocycles. The van der Waals surface area contributed by atoms with Gasteiger partial charge in [-0.05, 0) is 50.0 Å². The number of benzene rings is 1.